The molecule has 17 heavy (non-hydrogen) atoms. The molecule has 0 saturated carbocycles. The fourth-order valence-electron chi connectivity index (χ4n) is 1.28. The fraction of sp³-hybridized carbons (Fsp3) is 0.364. The third-order valence-corrected chi connectivity index (χ3v) is 3.46. The summed E-state index contributed by atoms with van der Waals surface area (Å²) in [6.07, 6.45) is 7.62. The predicted molar refractivity (Wildman–Crippen MR) is 62.0 cm³/mol. The van der Waals surface area contributed by atoms with E-state index in [0.29, 0.717) is 6.42 Å². The Balaban J connectivity index is 2.98. The van der Waals surface area contributed by atoms with Crippen LogP contribution >= 0.6 is 0 Å². The molecule has 0 aliphatic heterocycles. The summed E-state index contributed by atoms with van der Waals surface area (Å²) in [7, 11) is -4.00. The van der Waals surface area contributed by atoms with Crippen molar-refractivity contribution in [2.45, 2.75) is 30.8 Å². The Morgan fingerprint density at radius 2 is 2.35 bits per heavy atom. The molecule has 1 aromatic heterocycles. The number of nitrogens with one attached hydrogen (secondary N) is 1. The third-order valence-electron chi connectivity index (χ3n) is 2.06. The Labute approximate surface area is 100 Å². The molecular weight excluding hydrogens is 243 g/mol. The van der Waals surface area contributed by atoms with Gasteiger partial charge in [0.25, 0.3) is 10.0 Å². The average Bonchev–Trinajstić information content (AvgIpc) is 2.28. The first-order valence-electron chi connectivity index (χ1n) is 5.10. The van der Waals surface area contributed by atoms with Crippen LogP contribution in [-0.4, -0.2) is 19.4 Å². The predicted octanol–water partition coefficient (Wildman–Crippen LogP) is 1.30. The Hall–Kier alpha value is -1.45. The average molecular weight is 256 g/mol. The van der Waals surface area contributed by atoms with E-state index >= 15 is 0 Å². The lowest BCUT2D eigenvalue weighted by molar-refractivity contribution is 0.535. The van der Waals surface area contributed by atoms with Gasteiger partial charge in [0.1, 0.15) is 0 Å². The first-order chi connectivity index (χ1) is 8.01. The van der Waals surface area contributed by atoms with Gasteiger partial charge in [-0.25, -0.2) is 17.8 Å². The molecule has 1 aromatic rings. The monoisotopic (exact) mass is 256 g/mol. The van der Waals surface area contributed by atoms with Crippen molar-refractivity contribution in [2.75, 3.05) is 0 Å². The molecular formula is C11H13FN2O2S. The SMILES string of the molecule is C#CC(CCC)NS(=O)(=O)c1ncccc1F. The van der Waals surface area contributed by atoms with Crippen molar-refractivity contribution in [3.8, 4) is 12.3 Å². The number of aromatic nitrogens is 1. The molecule has 0 fully saturated rings. The zero-order chi connectivity index (χ0) is 12.9. The van der Waals surface area contributed by atoms with Crippen LogP contribution in [0.25, 0.3) is 0 Å². The van der Waals surface area contributed by atoms with Crippen molar-refractivity contribution in [2.24, 2.45) is 0 Å². The number of nitrogens with zero attached hydrogens (tertiary/aromatic N) is 1. The Kier molecular flexibility index (Phi) is 4.61. The van der Waals surface area contributed by atoms with Crippen molar-refractivity contribution >= 4 is 10.0 Å². The van der Waals surface area contributed by atoms with Crippen LogP contribution in [0.4, 0.5) is 4.39 Å². The van der Waals surface area contributed by atoms with E-state index in [1.807, 2.05) is 6.92 Å². The second kappa shape index (κ2) is 5.75. The molecule has 6 heteroatoms. The quantitative estimate of drug-likeness (QED) is 0.808. The van der Waals surface area contributed by atoms with Crippen molar-refractivity contribution in [3.05, 3.63) is 24.1 Å². The summed E-state index contributed by atoms with van der Waals surface area (Å²) < 4.78 is 39.1. The number of rotatable bonds is 5. The van der Waals surface area contributed by atoms with Gasteiger partial charge in [0.05, 0.1) is 6.04 Å². The van der Waals surface area contributed by atoms with Crippen LogP contribution < -0.4 is 4.72 Å². The maximum Gasteiger partial charge on any atom is 0.262 e. The van der Waals surface area contributed by atoms with E-state index in [1.54, 1.807) is 0 Å². The maximum absolute atomic E-state index is 13.3. The first-order valence-corrected chi connectivity index (χ1v) is 6.58. The lowest BCUT2D eigenvalue weighted by Crippen LogP contribution is -2.34. The van der Waals surface area contributed by atoms with Crippen LogP contribution in [0.1, 0.15) is 19.8 Å². The Morgan fingerprint density at radius 3 is 2.88 bits per heavy atom. The van der Waals surface area contributed by atoms with E-state index in [4.69, 9.17) is 6.42 Å². The van der Waals surface area contributed by atoms with Gasteiger partial charge in [0.15, 0.2) is 5.82 Å². The highest BCUT2D eigenvalue weighted by Crippen LogP contribution is 2.11. The summed E-state index contributed by atoms with van der Waals surface area (Å²) in [6, 6.07) is 1.71. The van der Waals surface area contributed by atoms with Gasteiger partial charge in [-0.3, -0.25) is 0 Å². The first kappa shape index (κ1) is 13.6. The molecule has 0 spiro atoms. The molecule has 1 unspecified atom stereocenters. The minimum absolute atomic E-state index is 0.490. The summed E-state index contributed by atoms with van der Waals surface area (Å²) in [5.74, 6) is 1.41. The molecule has 0 saturated heterocycles. The van der Waals surface area contributed by atoms with Gasteiger partial charge in [-0.05, 0) is 18.6 Å². The lowest BCUT2D eigenvalue weighted by Gasteiger charge is -2.12. The van der Waals surface area contributed by atoms with Crippen LogP contribution in [0.15, 0.2) is 23.4 Å². The smallest absolute Gasteiger partial charge is 0.241 e. The van der Waals surface area contributed by atoms with Crippen LogP contribution in [0.2, 0.25) is 0 Å². The molecule has 1 heterocycles. The molecule has 1 rings (SSSR count). The Bertz CT molecular complexity index is 523. The molecule has 1 atom stereocenters. The molecule has 4 nitrogen and oxygen atoms in total. The number of sulfonamides is 1. The van der Waals surface area contributed by atoms with Gasteiger partial charge in [-0.2, -0.15) is 4.72 Å². The van der Waals surface area contributed by atoms with E-state index < -0.39 is 26.9 Å². The van der Waals surface area contributed by atoms with Crippen molar-refractivity contribution < 1.29 is 12.8 Å². The van der Waals surface area contributed by atoms with E-state index in [0.717, 1.165) is 12.5 Å². The summed E-state index contributed by atoms with van der Waals surface area (Å²) in [4.78, 5) is 3.50. The molecule has 92 valence electrons. The van der Waals surface area contributed by atoms with E-state index in [9.17, 15) is 12.8 Å². The largest absolute Gasteiger partial charge is 0.262 e. The number of terminal acetylenes is 1. The van der Waals surface area contributed by atoms with Crippen molar-refractivity contribution in [1.82, 2.24) is 9.71 Å². The van der Waals surface area contributed by atoms with Crippen molar-refractivity contribution in [3.63, 3.8) is 0 Å². The van der Waals surface area contributed by atoms with Gasteiger partial charge in [0.2, 0.25) is 5.03 Å². The number of hydrogen-bond donors (Lipinski definition) is 1. The second-order valence-corrected chi connectivity index (χ2v) is 5.05. The molecule has 0 aliphatic rings. The molecule has 0 aromatic carbocycles. The summed E-state index contributed by atoms with van der Waals surface area (Å²) in [5, 5.41) is -0.628. The van der Waals surface area contributed by atoms with Crippen LogP contribution in [0.3, 0.4) is 0 Å². The minimum atomic E-state index is -4.00. The molecule has 1 N–H and O–H groups in total. The highest BCUT2D eigenvalue weighted by molar-refractivity contribution is 7.89. The molecule has 0 amide bonds. The van der Waals surface area contributed by atoms with Gasteiger partial charge >= 0.3 is 0 Å². The summed E-state index contributed by atoms with van der Waals surface area (Å²) in [6.45, 7) is 1.87. The van der Waals surface area contributed by atoms with Crippen LogP contribution in [-0.2, 0) is 10.0 Å². The molecule has 0 aliphatic carbocycles. The minimum Gasteiger partial charge on any atom is -0.241 e. The Morgan fingerprint density at radius 1 is 1.65 bits per heavy atom. The van der Waals surface area contributed by atoms with Gasteiger partial charge in [0, 0.05) is 6.20 Å². The van der Waals surface area contributed by atoms with Crippen LogP contribution in [0, 0.1) is 18.2 Å². The van der Waals surface area contributed by atoms with E-state index in [2.05, 4.69) is 15.6 Å². The highest BCUT2D eigenvalue weighted by atomic mass is 32.2. The summed E-state index contributed by atoms with van der Waals surface area (Å²) in [5.41, 5.74) is 0. The molecule has 0 radical (unpaired) electrons. The van der Waals surface area contributed by atoms with Gasteiger partial charge in [-0.15, -0.1) is 6.42 Å². The zero-order valence-electron chi connectivity index (χ0n) is 9.35. The lowest BCUT2D eigenvalue weighted by atomic mass is 10.2. The maximum atomic E-state index is 13.3. The normalized spacial score (nSPS) is 13.0. The standard InChI is InChI=1S/C11H13FN2O2S/c1-3-6-9(4-2)14-17(15,16)11-10(12)7-5-8-13-11/h2,5,7-9,14H,3,6H2,1H3. The number of hydrogen-bond acceptors (Lipinski definition) is 3. The number of halogens is 1. The third kappa shape index (κ3) is 3.51. The summed E-state index contributed by atoms with van der Waals surface area (Å²) >= 11 is 0. The number of pyridine rings is 1. The van der Waals surface area contributed by atoms with E-state index in [1.165, 1.54) is 12.3 Å². The highest BCUT2D eigenvalue weighted by Gasteiger charge is 2.23. The topological polar surface area (TPSA) is 59.1 Å². The molecule has 0 bridgehead atoms. The van der Waals surface area contributed by atoms with Gasteiger partial charge in [-0.1, -0.05) is 19.3 Å². The van der Waals surface area contributed by atoms with Crippen molar-refractivity contribution in [1.29, 1.82) is 0 Å². The second-order valence-electron chi connectivity index (χ2n) is 3.42. The van der Waals surface area contributed by atoms with E-state index in [-0.39, 0.29) is 0 Å². The zero-order valence-corrected chi connectivity index (χ0v) is 10.2. The van der Waals surface area contributed by atoms with Crippen LogP contribution in [0.5, 0.6) is 0 Å². The van der Waals surface area contributed by atoms with Gasteiger partial charge < -0.3 is 0 Å². The fourth-order valence-corrected chi connectivity index (χ4v) is 2.47.